The van der Waals surface area contributed by atoms with Crippen LogP contribution in [-0.2, 0) is 0 Å². The molecule has 98 valence electrons. The first-order valence-electron chi connectivity index (χ1n) is 6.07. The third-order valence-corrected chi connectivity index (χ3v) is 3.05. The van der Waals surface area contributed by atoms with Gasteiger partial charge in [0.2, 0.25) is 0 Å². The Kier molecular flexibility index (Phi) is 2.77. The van der Waals surface area contributed by atoms with Gasteiger partial charge >= 0.3 is 6.01 Å². The number of oxazole rings is 1. The first-order valence-corrected chi connectivity index (χ1v) is 6.07. The maximum absolute atomic E-state index is 8.94. The number of rotatable bonds is 2. The number of aromatic nitrogens is 1. The highest BCUT2D eigenvalue weighted by Crippen LogP contribution is 2.28. The smallest absolute Gasteiger partial charge is 0.302 e. The highest BCUT2D eigenvalue weighted by atomic mass is 16.4. The quantitative estimate of drug-likeness (QED) is 0.719. The molecule has 1 aromatic heterocycles. The van der Waals surface area contributed by atoms with Gasteiger partial charge in [0.25, 0.3) is 0 Å². The van der Waals surface area contributed by atoms with E-state index in [1.54, 1.807) is 35.2 Å². The van der Waals surface area contributed by atoms with Crippen molar-refractivity contribution in [3.05, 3.63) is 48.0 Å². The average molecular weight is 264 g/mol. The van der Waals surface area contributed by atoms with Gasteiger partial charge in [-0.15, -0.1) is 0 Å². The van der Waals surface area contributed by atoms with Gasteiger partial charge in [-0.25, -0.2) is 0 Å². The SMILES string of the molecule is CN(c1cccc(C#N)c1)c1nc2cc(N)ccc2o1. The van der Waals surface area contributed by atoms with Crippen LogP contribution in [0.5, 0.6) is 0 Å². The van der Waals surface area contributed by atoms with E-state index in [2.05, 4.69) is 11.1 Å². The highest BCUT2D eigenvalue weighted by Gasteiger charge is 2.12. The fraction of sp³-hybridized carbons (Fsp3) is 0.0667. The lowest BCUT2D eigenvalue weighted by atomic mass is 10.2. The molecule has 2 N–H and O–H groups in total. The second-order valence-electron chi connectivity index (χ2n) is 4.44. The molecule has 0 aliphatic carbocycles. The van der Waals surface area contributed by atoms with Crippen LogP contribution in [0.15, 0.2) is 46.9 Å². The Morgan fingerprint density at radius 1 is 1.25 bits per heavy atom. The van der Waals surface area contributed by atoms with Gasteiger partial charge in [-0.3, -0.25) is 4.90 Å². The van der Waals surface area contributed by atoms with Gasteiger partial charge in [0.05, 0.1) is 11.6 Å². The summed E-state index contributed by atoms with van der Waals surface area (Å²) in [6, 6.07) is 15.2. The summed E-state index contributed by atoms with van der Waals surface area (Å²) < 4.78 is 5.69. The predicted molar refractivity (Wildman–Crippen MR) is 77.6 cm³/mol. The fourth-order valence-electron chi connectivity index (χ4n) is 1.97. The summed E-state index contributed by atoms with van der Waals surface area (Å²) in [4.78, 5) is 6.19. The molecule has 0 saturated carbocycles. The van der Waals surface area contributed by atoms with E-state index in [-0.39, 0.29) is 0 Å². The van der Waals surface area contributed by atoms with Crippen LogP contribution < -0.4 is 10.6 Å². The number of benzene rings is 2. The number of nitriles is 1. The lowest BCUT2D eigenvalue weighted by Gasteiger charge is -2.14. The third-order valence-electron chi connectivity index (χ3n) is 3.05. The predicted octanol–water partition coefficient (Wildman–Crippen LogP) is 3.05. The van der Waals surface area contributed by atoms with Crippen LogP contribution in [0, 0.1) is 11.3 Å². The molecular formula is C15H12N4O. The van der Waals surface area contributed by atoms with Crippen LogP contribution in [0.4, 0.5) is 17.4 Å². The molecule has 0 fully saturated rings. The molecule has 20 heavy (non-hydrogen) atoms. The zero-order chi connectivity index (χ0) is 14.1. The molecule has 5 nitrogen and oxygen atoms in total. The zero-order valence-corrected chi connectivity index (χ0v) is 10.9. The first-order chi connectivity index (χ1) is 9.67. The molecule has 5 heteroatoms. The second kappa shape index (κ2) is 4.59. The maximum atomic E-state index is 8.94. The summed E-state index contributed by atoms with van der Waals surface area (Å²) in [5, 5.41) is 8.94. The number of hydrogen-bond donors (Lipinski definition) is 1. The minimum Gasteiger partial charge on any atom is -0.423 e. The standard InChI is InChI=1S/C15H12N4O/c1-19(12-4-2-3-10(7-12)9-16)15-18-13-8-11(17)5-6-14(13)20-15/h2-8H,17H2,1H3. The number of fused-ring (bicyclic) bond motifs is 1. The van der Waals surface area contributed by atoms with Gasteiger partial charge in [0.15, 0.2) is 5.58 Å². The van der Waals surface area contributed by atoms with E-state index in [4.69, 9.17) is 15.4 Å². The molecule has 0 atom stereocenters. The van der Waals surface area contributed by atoms with Gasteiger partial charge in [-0.1, -0.05) is 6.07 Å². The Morgan fingerprint density at radius 3 is 2.90 bits per heavy atom. The molecule has 0 radical (unpaired) electrons. The Hall–Kier alpha value is -3.00. The fourth-order valence-corrected chi connectivity index (χ4v) is 1.97. The molecule has 0 saturated heterocycles. The average Bonchev–Trinajstić information content (AvgIpc) is 2.89. The Labute approximate surface area is 115 Å². The molecule has 3 aromatic rings. The molecule has 0 unspecified atom stereocenters. The Balaban J connectivity index is 2.03. The van der Waals surface area contributed by atoms with E-state index in [1.807, 2.05) is 19.2 Å². The van der Waals surface area contributed by atoms with Crippen molar-refractivity contribution in [3.63, 3.8) is 0 Å². The van der Waals surface area contributed by atoms with Crippen LogP contribution in [0.3, 0.4) is 0 Å². The van der Waals surface area contributed by atoms with Crippen LogP contribution in [-0.4, -0.2) is 12.0 Å². The van der Waals surface area contributed by atoms with Crippen LogP contribution in [0.1, 0.15) is 5.56 Å². The molecule has 0 bridgehead atoms. The van der Waals surface area contributed by atoms with Crippen molar-refractivity contribution < 1.29 is 4.42 Å². The van der Waals surface area contributed by atoms with E-state index in [9.17, 15) is 0 Å². The second-order valence-corrected chi connectivity index (χ2v) is 4.44. The summed E-state index contributed by atoms with van der Waals surface area (Å²) in [6.07, 6.45) is 0. The lowest BCUT2D eigenvalue weighted by Crippen LogP contribution is -2.09. The minimum atomic E-state index is 0.459. The van der Waals surface area contributed by atoms with Crippen molar-refractivity contribution in [3.8, 4) is 6.07 Å². The highest BCUT2D eigenvalue weighted by molar-refractivity contribution is 5.79. The van der Waals surface area contributed by atoms with Gasteiger partial charge in [0.1, 0.15) is 5.52 Å². The van der Waals surface area contributed by atoms with Gasteiger partial charge in [-0.05, 0) is 36.4 Å². The van der Waals surface area contributed by atoms with Gasteiger partial charge in [0, 0.05) is 18.4 Å². The molecule has 0 amide bonds. The third kappa shape index (κ3) is 2.04. The van der Waals surface area contributed by atoms with Gasteiger partial charge < -0.3 is 10.2 Å². The summed E-state index contributed by atoms with van der Waals surface area (Å²) in [6.45, 7) is 0. The maximum Gasteiger partial charge on any atom is 0.302 e. The summed E-state index contributed by atoms with van der Waals surface area (Å²) in [5.74, 6) is 0. The van der Waals surface area contributed by atoms with Crippen molar-refractivity contribution in [1.29, 1.82) is 5.26 Å². The van der Waals surface area contributed by atoms with Crippen LogP contribution in [0.2, 0.25) is 0 Å². The van der Waals surface area contributed by atoms with E-state index >= 15 is 0 Å². The van der Waals surface area contributed by atoms with Crippen LogP contribution >= 0.6 is 0 Å². The number of hydrogen-bond acceptors (Lipinski definition) is 5. The minimum absolute atomic E-state index is 0.459. The summed E-state index contributed by atoms with van der Waals surface area (Å²) in [7, 11) is 1.84. The van der Waals surface area contributed by atoms with Crippen molar-refractivity contribution in [2.24, 2.45) is 0 Å². The summed E-state index contributed by atoms with van der Waals surface area (Å²) >= 11 is 0. The molecular weight excluding hydrogens is 252 g/mol. The van der Waals surface area contributed by atoms with Gasteiger partial charge in [-0.2, -0.15) is 10.2 Å². The number of anilines is 3. The number of nitrogens with two attached hydrogens (primary N) is 1. The van der Waals surface area contributed by atoms with E-state index in [0.717, 1.165) is 5.69 Å². The van der Waals surface area contributed by atoms with Crippen molar-refractivity contribution >= 4 is 28.5 Å². The molecule has 3 rings (SSSR count). The number of nitrogen functional groups attached to an aromatic ring is 1. The Morgan fingerprint density at radius 2 is 2.10 bits per heavy atom. The largest absolute Gasteiger partial charge is 0.423 e. The lowest BCUT2D eigenvalue weighted by molar-refractivity contribution is 0.603. The topological polar surface area (TPSA) is 79.1 Å². The van der Waals surface area contributed by atoms with Crippen LogP contribution in [0.25, 0.3) is 11.1 Å². The molecule has 0 aliphatic heterocycles. The van der Waals surface area contributed by atoms with Crippen molar-refractivity contribution in [1.82, 2.24) is 4.98 Å². The monoisotopic (exact) mass is 264 g/mol. The molecule has 0 aliphatic rings. The summed E-state index contributed by atoms with van der Waals surface area (Å²) in [5.41, 5.74) is 9.19. The molecule has 0 spiro atoms. The molecule has 1 heterocycles. The van der Waals surface area contributed by atoms with Crippen molar-refractivity contribution in [2.75, 3.05) is 17.7 Å². The van der Waals surface area contributed by atoms with E-state index < -0.39 is 0 Å². The molecule has 2 aromatic carbocycles. The van der Waals surface area contributed by atoms with E-state index in [0.29, 0.717) is 28.4 Å². The first kappa shape index (κ1) is 12.1. The Bertz CT molecular complexity index is 816. The zero-order valence-electron chi connectivity index (χ0n) is 10.9. The van der Waals surface area contributed by atoms with Crippen molar-refractivity contribution in [2.45, 2.75) is 0 Å². The normalized spacial score (nSPS) is 10.4. The number of nitrogens with zero attached hydrogens (tertiary/aromatic N) is 3. The van der Waals surface area contributed by atoms with E-state index in [1.165, 1.54) is 0 Å².